The Kier molecular flexibility index (Phi) is 4.73. The summed E-state index contributed by atoms with van der Waals surface area (Å²) < 4.78 is 0. The molecule has 0 bridgehead atoms. The topological polar surface area (TPSA) is 12.0 Å². The highest BCUT2D eigenvalue weighted by atomic mass is 14.9. The second-order valence-electron chi connectivity index (χ2n) is 12.3. The molecule has 0 spiro atoms. The molecular weight excluding hydrogens is 518 g/mol. The van der Waals surface area contributed by atoms with Gasteiger partial charge >= 0.3 is 0 Å². The van der Waals surface area contributed by atoms with Crippen molar-refractivity contribution in [2.75, 3.05) is 6.54 Å². The van der Waals surface area contributed by atoms with Crippen LogP contribution >= 0.6 is 0 Å². The minimum Gasteiger partial charge on any atom is -0.385 e. The van der Waals surface area contributed by atoms with Crippen molar-refractivity contribution in [2.24, 2.45) is 0 Å². The van der Waals surface area contributed by atoms with Gasteiger partial charge in [0.2, 0.25) is 0 Å². The van der Waals surface area contributed by atoms with Crippen molar-refractivity contribution in [3.8, 4) is 11.1 Å². The summed E-state index contributed by atoms with van der Waals surface area (Å²) in [4.78, 5) is 0. The van der Waals surface area contributed by atoms with E-state index in [1.807, 2.05) is 0 Å². The Morgan fingerprint density at radius 2 is 1.26 bits per heavy atom. The van der Waals surface area contributed by atoms with Gasteiger partial charge in [0.05, 0.1) is 0 Å². The van der Waals surface area contributed by atoms with Crippen molar-refractivity contribution in [2.45, 2.75) is 19.3 Å². The molecule has 1 heterocycles. The van der Waals surface area contributed by atoms with Crippen LogP contribution in [-0.2, 0) is 0 Å². The Hall–Kier alpha value is -5.14. The van der Waals surface area contributed by atoms with E-state index in [0.29, 0.717) is 0 Å². The Labute approximate surface area is 250 Å². The first-order chi connectivity index (χ1) is 21.3. The molecule has 2 aliphatic rings. The SMILES string of the molecule is C1=CCCC(c2c3cc(-c4cccc(C5=CCCN5)c4)cc4c5ccccc5c(c34)c3c4cccc5cccc(c23)c54)=C1. The highest BCUT2D eigenvalue weighted by molar-refractivity contribution is 6.47. The molecule has 43 heavy (non-hydrogen) atoms. The third-order valence-electron chi connectivity index (χ3n) is 9.99. The van der Waals surface area contributed by atoms with Crippen molar-refractivity contribution >= 4 is 75.9 Å². The predicted molar refractivity (Wildman–Crippen MR) is 186 cm³/mol. The molecule has 1 aliphatic heterocycles. The summed E-state index contributed by atoms with van der Waals surface area (Å²) in [5.41, 5.74) is 7.95. The summed E-state index contributed by atoms with van der Waals surface area (Å²) >= 11 is 0. The largest absolute Gasteiger partial charge is 0.385 e. The fraction of sp³-hybridized carbons (Fsp3) is 0.0952. The van der Waals surface area contributed by atoms with Crippen molar-refractivity contribution in [1.82, 2.24) is 5.32 Å². The fourth-order valence-corrected chi connectivity index (χ4v) is 8.23. The van der Waals surface area contributed by atoms with E-state index in [1.165, 1.54) is 98.2 Å². The summed E-state index contributed by atoms with van der Waals surface area (Å²) in [7, 11) is 0. The van der Waals surface area contributed by atoms with E-state index in [9.17, 15) is 0 Å². The van der Waals surface area contributed by atoms with E-state index in [4.69, 9.17) is 0 Å². The van der Waals surface area contributed by atoms with Gasteiger partial charge in [-0.05, 0) is 130 Å². The second kappa shape index (κ2) is 8.69. The van der Waals surface area contributed by atoms with Crippen LogP contribution in [0.25, 0.3) is 87.0 Å². The minimum absolute atomic E-state index is 1.02. The zero-order chi connectivity index (χ0) is 28.1. The van der Waals surface area contributed by atoms with Crippen molar-refractivity contribution < 1.29 is 0 Å². The average molecular weight is 548 g/mol. The molecule has 0 fully saturated rings. The lowest BCUT2D eigenvalue weighted by molar-refractivity contribution is 0.928. The number of hydrogen-bond acceptors (Lipinski definition) is 1. The molecule has 1 N–H and O–H groups in total. The van der Waals surface area contributed by atoms with Crippen LogP contribution in [0.4, 0.5) is 0 Å². The number of allylic oxidation sites excluding steroid dienone is 4. The van der Waals surface area contributed by atoms with E-state index >= 15 is 0 Å². The highest BCUT2D eigenvalue weighted by Crippen LogP contribution is 2.53. The summed E-state index contributed by atoms with van der Waals surface area (Å²) in [6.07, 6.45) is 12.5. The molecule has 1 nitrogen and oxygen atoms in total. The number of rotatable bonds is 3. The Morgan fingerprint density at radius 1 is 0.512 bits per heavy atom. The zero-order valence-electron chi connectivity index (χ0n) is 23.9. The van der Waals surface area contributed by atoms with Gasteiger partial charge in [0.25, 0.3) is 0 Å². The molecule has 8 aromatic rings. The van der Waals surface area contributed by atoms with Gasteiger partial charge < -0.3 is 5.32 Å². The van der Waals surface area contributed by atoms with Gasteiger partial charge in [-0.3, -0.25) is 0 Å². The number of benzene rings is 6. The smallest absolute Gasteiger partial charge is 0.0374 e. The van der Waals surface area contributed by atoms with Crippen LogP contribution in [0.5, 0.6) is 0 Å². The summed E-state index contributed by atoms with van der Waals surface area (Å²) in [5.74, 6) is 0. The maximum atomic E-state index is 3.57. The van der Waals surface area contributed by atoms with Crippen molar-refractivity contribution in [1.29, 1.82) is 0 Å². The summed E-state index contributed by atoms with van der Waals surface area (Å²) in [6.45, 7) is 1.02. The first kappa shape index (κ1) is 23.4. The minimum atomic E-state index is 1.02. The number of nitrogens with one attached hydrogen (secondary N) is 1. The zero-order valence-corrected chi connectivity index (χ0v) is 23.9. The molecule has 8 aromatic carbocycles. The van der Waals surface area contributed by atoms with E-state index < -0.39 is 0 Å². The fourth-order valence-electron chi connectivity index (χ4n) is 8.23. The summed E-state index contributed by atoms with van der Waals surface area (Å²) in [6, 6.07) is 36.9. The van der Waals surface area contributed by atoms with Gasteiger partial charge in [-0.1, -0.05) is 103 Å². The van der Waals surface area contributed by atoms with E-state index in [0.717, 1.165) is 25.8 Å². The Balaban J connectivity index is 1.44. The first-order valence-electron chi connectivity index (χ1n) is 15.6. The van der Waals surface area contributed by atoms with Crippen LogP contribution in [0, 0.1) is 0 Å². The lowest BCUT2D eigenvalue weighted by Crippen LogP contribution is -2.06. The van der Waals surface area contributed by atoms with E-state index in [1.54, 1.807) is 0 Å². The van der Waals surface area contributed by atoms with Crippen LogP contribution in [0.3, 0.4) is 0 Å². The lowest BCUT2D eigenvalue weighted by Gasteiger charge is -2.18. The lowest BCUT2D eigenvalue weighted by atomic mass is 9.86. The van der Waals surface area contributed by atoms with Gasteiger partial charge in [-0.15, -0.1) is 0 Å². The maximum absolute atomic E-state index is 3.57. The molecule has 202 valence electrons. The van der Waals surface area contributed by atoms with Crippen LogP contribution < -0.4 is 5.32 Å². The molecule has 10 rings (SSSR count). The molecule has 0 aromatic heterocycles. The van der Waals surface area contributed by atoms with E-state index in [-0.39, 0.29) is 0 Å². The third kappa shape index (κ3) is 3.17. The summed E-state index contributed by atoms with van der Waals surface area (Å²) in [5, 5.41) is 20.2. The van der Waals surface area contributed by atoms with Gasteiger partial charge in [0.15, 0.2) is 0 Å². The first-order valence-corrected chi connectivity index (χ1v) is 15.6. The normalized spacial score (nSPS) is 15.4. The Bertz CT molecular complexity index is 2520. The van der Waals surface area contributed by atoms with Gasteiger partial charge in [-0.2, -0.15) is 0 Å². The molecule has 0 amide bonds. The Morgan fingerprint density at radius 3 is 2.07 bits per heavy atom. The van der Waals surface area contributed by atoms with Gasteiger partial charge in [0.1, 0.15) is 0 Å². The van der Waals surface area contributed by atoms with Crippen LogP contribution in [0.1, 0.15) is 30.4 Å². The number of fused-ring (bicyclic) bond motifs is 7. The molecule has 0 saturated heterocycles. The van der Waals surface area contributed by atoms with Crippen LogP contribution in [-0.4, -0.2) is 6.54 Å². The number of hydrogen-bond donors (Lipinski definition) is 1. The molecule has 0 unspecified atom stereocenters. The monoisotopic (exact) mass is 547 g/mol. The van der Waals surface area contributed by atoms with Crippen molar-refractivity contribution in [3.05, 3.63) is 132 Å². The molecular formula is C42H29N. The standard InChI is InChI=1S/C42H29N/c1-2-10-26(11-3-1)38-35-24-29(27-14-6-15-28(22-27)36-20-9-21-43-36)23-34-30-16-4-5-17-31(30)40(39(34)35)42-33-19-8-13-25-12-7-18-32(37(25)33)41(38)42/h1-2,4-8,10,12-20,22-24,43H,3,9,11,21H2. The van der Waals surface area contributed by atoms with Crippen molar-refractivity contribution in [3.63, 3.8) is 0 Å². The average Bonchev–Trinajstić information content (AvgIpc) is 3.80. The highest BCUT2D eigenvalue weighted by Gasteiger charge is 2.26. The quantitative estimate of drug-likeness (QED) is 0.232. The second-order valence-corrected chi connectivity index (χ2v) is 12.3. The molecule has 0 radical (unpaired) electrons. The van der Waals surface area contributed by atoms with Crippen LogP contribution in [0.15, 0.2) is 121 Å². The third-order valence-corrected chi connectivity index (χ3v) is 9.99. The van der Waals surface area contributed by atoms with Gasteiger partial charge in [-0.25, -0.2) is 0 Å². The van der Waals surface area contributed by atoms with Gasteiger partial charge in [0, 0.05) is 12.2 Å². The van der Waals surface area contributed by atoms with Crippen LogP contribution in [0.2, 0.25) is 0 Å². The molecule has 1 aliphatic carbocycles. The molecule has 0 atom stereocenters. The predicted octanol–water partition coefficient (Wildman–Crippen LogP) is 11.2. The van der Waals surface area contributed by atoms with E-state index in [2.05, 4.69) is 127 Å². The maximum Gasteiger partial charge on any atom is 0.0374 e. The molecule has 1 heteroatoms. The molecule has 0 saturated carbocycles.